The van der Waals surface area contributed by atoms with Crippen LogP contribution in [0.15, 0.2) is 41.6 Å². The number of hydrogen-bond acceptors (Lipinski definition) is 4. The molecule has 0 aliphatic carbocycles. The van der Waals surface area contributed by atoms with Crippen LogP contribution in [0, 0.1) is 6.92 Å². The molecule has 126 valence electrons. The minimum atomic E-state index is -1.25. The van der Waals surface area contributed by atoms with Crippen molar-refractivity contribution in [3.8, 4) is 5.75 Å². The van der Waals surface area contributed by atoms with E-state index in [0.717, 1.165) is 33.6 Å². The molecule has 24 heavy (non-hydrogen) atoms. The van der Waals surface area contributed by atoms with Crippen molar-refractivity contribution in [2.24, 2.45) is 0 Å². The Morgan fingerprint density at radius 1 is 1.25 bits per heavy atom. The van der Waals surface area contributed by atoms with Gasteiger partial charge < -0.3 is 14.2 Å². The maximum Gasteiger partial charge on any atom is 0.321 e. The molecule has 0 spiro atoms. The highest BCUT2D eigenvalue weighted by Crippen LogP contribution is 2.27. The lowest BCUT2D eigenvalue weighted by molar-refractivity contribution is 0.415. The number of H-pyrrole nitrogens is 1. The molecule has 0 aliphatic rings. The second-order valence-electron chi connectivity index (χ2n) is 5.88. The minimum absolute atomic E-state index is 0.428. The van der Waals surface area contributed by atoms with Gasteiger partial charge in [-0.25, -0.2) is 0 Å². The van der Waals surface area contributed by atoms with Crippen LogP contribution in [0.1, 0.15) is 11.1 Å². The second kappa shape index (κ2) is 6.75. The van der Waals surface area contributed by atoms with Gasteiger partial charge in [0.15, 0.2) is 0 Å². The molecule has 0 fully saturated rings. The molecule has 0 aliphatic heterocycles. The van der Waals surface area contributed by atoms with E-state index in [-0.39, 0.29) is 0 Å². The number of hydrogen-bond donors (Lipinski definition) is 1. The number of rotatable bonds is 5. The summed E-state index contributed by atoms with van der Waals surface area (Å²) in [7, 11) is 5.61. The van der Waals surface area contributed by atoms with Crippen molar-refractivity contribution in [3.05, 3.63) is 47.5 Å². The normalized spacial score (nSPS) is 12.4. The standard InChI is InChI=1S/C18H21N3O2S/c1-12-6-5-7-17(21(2)3)14(12)11-24(22)18-19-15-9-8-13(23-4)10-16(15)20-18/h5-10H,11H2,1-4H3,(H,19,20). The van der Waals surface area contributed by atoms with Crippen LogP contribution in [-0.4, -0.2) is 35.7 Å². The Kier molecular flexibility index (Phi) is 4.69. The Labute approximate surface area is 144 Å². The first kappa shape index (κ1) is 16.7. The Morgan fingerprint density at radius 2 is 2.04 bits per heavy atom. The number of anilines is 1. The zero-order valence-corrected chi connectivity index (χ0v) is 15.1. The van der Waals surface area contributed by atoms with Gasteiger partial charge in [0.05, 0.1) is 18.1 Å². The van der Waals surface area contributed by atoms with Crippen LogP contribution in [0.4, 0.5) is 5.69 Å². The van der Waals surface area contributed by atoms with Crippen LogP contribution in [-0.2, 0) is 16.9 Å². The summed E-state index contributed by atoms with van der Waals surface area (Å²) in [4.78, 5) is 9.67. The van der Waals surface area contributed by atoms with Crippen LogP contribution in [0.25, 0.3) is 11.0 Å². The minimum Gasteiger partial charge on any atom is -0.609 e. The van der Waals surface area contributed by atoms with Crippen molar-refractivity contribution < 1.29 is 9.29 Å². The Bertz CT molecular complexity index is 861. The highest BCUT2D eigenvalue weighted by Gasteiger charge is 2.21. The molecular weight excluding hydrogens is 322 g/mol. The number of nitrogens with zero attached hydrogens (tertiary/aromatic N) is 2. The lowest BCUT2D eigenvalue weighted by Crippen LogP contribution is -2.15. The van der Waals surface area contributed by atoms with E-state index in [4.69, 9.17) is 4.74 Å². The number of imidazole rings is 1. The summed E-state index contributed by atoms with van der Waals surface area (Å²) in [5, 5.41) is 0.492. The van der Waals surface area contributed by atoms with Gasteiger partial charge in [0, 0.05) is 42.6 Å². The molecule has 1 heterocycles. The number of benzene rings is 2. The van der Waals surface area contributed by atoms with Crippen LogP contribution >= 0.6 is 0 Å². The first-order chi connectivity index (χ1) is 11.5. The average molecular weight is 343 g/mol. The number of aryl methyl sites for hydroxylation is 1. The average Bonchev–Trinajstić information content (AvgIpc) is 2.99. The van der Waals surface area contributed by atoms with Crippen molar-refractivity contribution in [2.75, 3.05) is 26.1 Å². The lowest BCUT2D eigenvalue weighted by atomic mass is 10.1. The third-order valence-electron chi connectivity index (χ3n) is 4.03. The molecule has 0 radical (unpaired) electrons. The number of methoxy groups -OCH3 is 1. The van der Waals surface area contributed by atoms with Crippen LogP contribution < -0.4 is 9.64 Å². The fourth-order valence-corrected chi connectivity index (χ4v) is 3.89. The summed E-state index contributed by atoms with van der Waals surface area (Å²) >= 11 is -1.25. The van der Waals surface area contributed by atoms with Gasteiger partial charge in [-0.15, -0.1) is 0 Å². The third kappa shape index (κ3) is 3.20. The third-order valence-corrected chi connectivity index (χ3v) is 5.20. The summed E-state index contributed by atoms with van der Waals surface area (Å²) in [5.74, 6) is 1.16. The van der Waals surface area contributed by atoms with Gasteiger partial charge >= 0.3 is 5.16 Å². The topological polar surface area (TPSA) is 64.2 Å². The molecule has 1 aromatic heterocycles. The maximum absolute atomic E-state index is 12.8. The van der Waals surface area contributed by atoms with Gasteiger partial charge in [-0.05, 0) is 30.7 Å². The van der Waals surface area contributed by atoms with Crippen molar-refractivity contribution in [1.29, 1.82) is 0 Å². The molecule has 3 rings (SSSR count). The van der Waals surface area contributed by atoms with E-state index in [1.54, 1.807) is 7.11 Å². The summed E-state index contributed by atoms with van der Waals surface area (Å²) in [6, 6.07) is 11.7. The van der Waals surface area contributed by atoms with Crippen molar-refractivity contribution in [1.82, 2.24) is 9.97 Å². The van der Waals surface area contributed by atoms with Crippen LogP contribution in [0.3, 0.4) is 0 Å². The zero-order chi connectivity index (χ0) is 17.3. The van der Waals surface area contributed by atoms with Crippen LogP contribution in [0.5, 0.6) is 5.75 Å². The summed E-state index contributed by atoms with van der Waals surface area (Å²) in [5.41, 5.74) is 4.92. The highest BCUT2D eigenvalue weighted by atomic mass is 32.2. The molecule has 0 saturated carbocycles. The van der Waals surface area contributed by atoms with Gasteiger partial charge in [0.2, 0.25) is 0 Å². The highest BCUT2D eigenvalue weighted by molar-refractivity contribution is 7.90. The molecule has 0 saturated heterocycles. The maximum atomic E-state index is 12.8. The molecule has 1 unspecified atom stereocenters. The number of nitrogens with one attached hydrogen (secondary N) is 1. The lowest BCUT2D eigenvalue weighted by Gasteiger charge is -2.19. The SMILES string of the molecule is COc1ccc2[nH]c([S+]([O-])Cc3c(C)cccc3N(C)C)nc2c1. The first-order valence-corrected chi connectivity index (χ1v) is 8.99. The van der Waals surface area contributed by atoms with E-state index in [9.17, 15) is 4.55 Å². The molecule has 0 bridgehead atoms. The molecule has 0 amide bonds. The molecule has 6 heteroatoms. The van der Waals surface area contributed by atoms with Gasteiger partial charge in [-0.3, -0.25) is 4.98 Å². The van der Waals surface area contributed by atoms with Gasteiger partial charge in [0.25, 0.3) is 0 Å². The van der Waals surface area contributed by atoms with E-state index in [0.29, 0.717) is 10.9 Å². The molecule has 5 nitrogen and oxygen atoms in total. The predicted octanol–water partition coefficient (Wildman–Crippen LogP) is 3.25. The molecule has 1 atom stereocenters. The van der Waals surface area contributed by atoms with Crippen molar-refractivity contribution in [2.45, 2.75) is 17.8 Å². The largest absolute Gasteiger partial charge is 0.609 e. The molecule has 3 aromatic rings. The number of fused-ring (bicyclic) bond motifs is 1. The Morgan fingerprint density at radius 3 is 2.75 bits per heavy atom. The van der Waals surface area contributed by atoms with E-state index >= 15 is 0 Å². The number of aromatic amines is 1. The van der Waals surface area contributed by atoms with Gasteiger partial charge in [0.1, 0.15) is 11.5 Å². The fourth-order valence-electron chi connectivity index (χ4n) is 2.69. The Balaban J connectivity index is 1.92. The quantitative estimate of drug-likeness (QED) is 0.722. The van der Waals surface area contributed by atoms with Crippen molar-refractivity contribution >= 4 is 27.9 Å². The smallest absolute Gasteiger partial charge is 0.321 e. The summed E-state index contributed by atoms with van der Waals surface area (Å²) in [6.45, 7) is 2.04. The summed E-state index contributed by atoms with van der Waals surface area (Å²) in [6.07, 6.45) is 0. The fraction of sp³-hybridized carbons (Fsp3) is 0.278. The zero-order valence-electron chi connectivity index (χ0n) is 14.3. The van der Waals surface area contributed by atoms with E-state index in [1.165, 1.54) is 0 Å². The number of ether oxygens (including phenoxy) is 1. The van der Waals surface area contributed by atoms with Crippen LogP contribution in [0.2, 0.25) is 0 Å². The second-order valence-corrected chi connectivity index (χ2v) is 7.25. The monoisotopic (exact) mass is 343 g/mol. The Hall–Kier alpha value is -2.18. The van der Waals surface area contributed by atoms with Crippen molar-refractivity contribution in [3.63, 3.8) is 0 Å². The predicted molar refractivity (Wildman–Crippen MR) is 98.3 cm³/mol. The van der Waals surface area contributed by atoms with E-state index in [2.05, 4.69) is 9.97 Å². The first-order valence-electron chi connectivity index (χ1n) is 7.67. The van der Waals surface area contributed by atoms with Gasteiger partial charge in [-0.2, -0.15) is 4.98 Å². The van der Waals surface area contributed by atoms with E-state index in [1.807, 2.05) is 62.3 Å². The van der Waals surface area contributed by atoms with E-state index < -0.39 is 11.2 Å². The molecular formula is C18H21N3O2S. The molecule has 1 N–H and O–H groups in total. The number of aromatic nitrogens is 2. The summed E-state index contributed by atoms with van der Waals surface area (Å²) < 4.78 is 18.0. The van der Waals surface area contributed by atoms with Gasteiger partial charge in [-0.1, -0.05) is 12.1 Å². The molecule has 2 aromatic carbocycles.